The lowest BCUT2D eigenvalue weighted by molar-refractivity contribution is 0.245. The highest BCUT2D eigenvalue weighted by molar-refractivity contribution is 5.34. The summed E-state index contributed by atoms with van der Waals surface area (Å²) in [6.07, 6.45) is 5.35. The zero-order valence-corrected chi connectivity index (χ0v) is 12.0. The standard InChI is InChI=1S/C16H22FN3/c1-20(15-4-2-3-5-15)9-8-19-12-13-6-7-16(17)14(10-13)11-18/h6-7,10,15,19H,2-5,8-9,12H2,1H3. The zero-order valence-electron chi connectivity index (χ0n) is 12.0. The molecule has 1 aromatic carbocycles. The molecule has 0 bridgehead atoms. The van der Waals surface area contributed by atoms with Crippen LogP contribution in [-0.4, -0.2) is 31.1 Å². The van der Waals surface area contributed by atoms with Crippen molar-refractivity contribution < 1.29 is 4.39 Å². The summed E-state index contributed by atoms with van der Waals surface area (Å²) in [6.45, 7) is 2.61. The number of halogens is 1. The average molecular weight is 275 g/mol. The van der Waals surface area contributed by atoms with E-state index in [0.717, 1.165) is 24.7 Å². The highest BCUT2D eigenvalue weighted by atomic mass is 19.1. The number of nitrogens with one attached hydrogen (secondary N) is 1. The zero-order chi connectivity index (χ0) is 14.4. The van der Waals surface area contributed by atoms with Gasteiger partial charge in [0, 0.05) is 25.7 Å². The third kappa shape index (κ3) is 4.03. The van der Waals surface area contributed by atoms with Crippen LogP contribution < -0.4 is 5.32 Å². The molecule has 0 unspecified atom stereocenters. The van der Waals surface area contributed by atoms with E-state index in [0.29, 0.717) is 6.54 Å². The summed E-state index contributed by atoms with van der Waals surface area (Å²) in [5.74, 6) is -0.447. The lowest BCUT2D eigenvalue weighted by Gasteiger charge is -2.24. The SMILES string of the molecule is CN(CCNCc1ccc(F)c(C#N)c1)C1CCCC1. The van der Waals surface area contributed by atoms with Crippen molar-refractivity contribution in [2.45, 2.75) is 38.3 Å². The van der Waals surface area contributed by atoms with Crippen LogP contribution in [0, 0.1) is 17.1 Å². The largest absolute Gasteiger partial charge is 0.311 e. The second-order valence-corrected chi connectivity index (χ2v) is 5.52. The first kappa shape index (κ1) is 15.0. The van der Waals surface area contributed by atoms with Crippen molar-refractivity contribution in [2.24, 2.45) is 0 Å². The molecule has 3 nitrogen and oxygen atoms in total. The van der Waals surface area contributed by atoms with E-state index in [4.69, 9.17) is 5.26 Å². The van der Waals surface area contributed by atoms with Crippen molar-refractivity contribution >= 4 is 0 Å². The smallest absolute Gasteiger partial charge is 0.140 e. The Hall–Kier alpha value is -1.44. The third-order valence-electron chi connectivity index (χ3n) is 4.07. The van der Waals surface area contributed by atoms with Gasteiger partial charge >= 0.3 is 0 Å². The first-order chi connectivity index (χ1) is 9.70. The quantitative estimate of drug-likeness (QED) is 0.811. The Morgan fingerprint density at radius 1 is 1.40 bits per heavy atom. The molecule has 0 amide bonds. The Morgan fingerprint density at radius 3 is 2.85 bits per heavy atom. The van der Waals surface area contributed by atoms with Crippen molar-refractivity contribution in [1.29, 1.82) is 5.26 Å². The van der Waals surface area contributed by atoms with E-state index >= 15 is 0 Å². The summed E-state index contributed by atoms with van der Waals surface area (Å²) in [4.78, 5) is 2.42. The summed E-state index contributed by atoms with van der Waals surface area (Å²) in [7, 11) is 2.18. The van der Waals surface area contributed by atoms with Gasteiger partial charge in [-0.05, 0) is 37.6 Å². The van der Waals surface area contributed by atoms with Gasteiger partial charge in [0.2, 0.25) is 0 Å². The Balaban J connectivity index is 1.72. The highest BCUT2D eigenvalue weighted by Crippen LogP contribution is 2.21. The van der Waals surface area contributed by atoms with Gasteiger partial charge in [-0.1, -0.05) is 18.9 Å². The van der Waals surface area contributed by atoms with E-state index in [1.807, 2.05) is 6.07 Å². The molecule has 1 aliphatic rings. The molecule has 4 heteroatoms. The Labute approximate surface area is 120 Å². The number of hydrogen-bond acceptors (Lipinski definition) is 3. The van der Waals surface area contributed by atoms with Gasteiger partial charge in [-0.2, -0.15) is 5.26 Å². The number of rotatable bonds is 6. The number of likely N-dealkylation sites (N-methyl/N-ethyl adjacent to an activating group) is 1. The topological polar surface area (TPSA) is 39.1 Å². The molecule has 0 aromatic heterocycles. The second-order valence-electron chi connectivity index (χ2n) is 5.52. The van der Waals surface area contributed by atoms with Crippen LogP contribution >= 0.6 is 0 Å². The molecule has 1 N–H and O–H groups in total. The molecule has 108 valence electrons. The van der Waals surface area contributed by atoms with Crippen molar-refractivity contribution in [3.05, 3.63) is 35.1 Å². The van der Waals surface area contributed by atoms with E-state index in [1.54, 1.807) is 12.1 Å². The number of hydrogen-bond donors (Lipinski definition) is 1. The van der Waals surface area contributed by atoms with Gasteiger partial charge in [-0.15, -0.1) is 0 Å². The van der Waals surface area contributed by atoms with Gasteiger partial charge in [0.25, 0.3) is 0 Å². The minimum absolute atomic E-state index is 0.118. The van der Waals surface area contributed by atoms with Crippen molar-refractivity contribution in [1.82, 2.24) is 10.2 Å². The first-order valence-electron chi connectivity index (χ1n) is 7.30. The van der Waals surface area contributed by atoms with E-state index in [-0.39, 0.29) is 5.56 Å². The van der Waals surface area contributed by atoms with Crippen LogP contribution in [0.4, 0.5) is 4.39 Å². The van der Waals surface area contributed by atoms with Crippen LogP contribution in [-0.2, 0) is 6.54 Å². The highest BCUT2D eigenvalue weighted by Gasteiger charge is 2.18. The predicted molar refractivity (Wildman–Crippen MR) is 77.7 cm³/mol. The molecule has 1 aromatic rings. The van der Waals surface area contributed by atoms with Crippen molar-refractivity contribution in [2.75, 3.05) is 20.1 Å². The van der Waals surface area contributed by atoms with Gasteiger partial charge in [0.15, 0.2) is 0 Å². The van der Waals surface area contributed by atoms with Gasteiger partial charge in [0.05, 0.1) is 5.56 Å². The van der Waals surface area contributed by atoms with E-state index in [9.17, 15) is 4.39 Å². The Kier molecular flexibility index (Phi) is 5.51. The molecule has 1 saturated carbocycles. The first-order valence-corrected chi connectivity index (χ1v) is 7.30. The fourth-order valence-corrected chi connectivity index (χ4v) is 2.78. The molecule has 2 rings (SSSR count). The summed E-state index contributed by atoms with van der Waals surface area (Å²) >= 11 is 0. The molecule has 20 heavy (non-hydrogen) atoms. The van der Waals surface area contributed by atoms with Crippen LogP contribution in [0.5, 0.6) is 0 Å². The fraction of sp³-hybridized carbons (Fsp3) is 0.562. The van der Waals surface area contributed by atoms with E-state index in [2.05, 4.69) is 17.3 Å². The lowest BCUT2D eigenvalue weighted by Crippen LogP contribution is -2.35. The summed E-state index contributed by atoms with van der Waals surface area (Å²) in [5.41, 5.74) is 1.07. The van der Waals surface area contributed by atoms with Gasteiger partial charge < -0.3 is 10.2 Å². The molecular weight excluding hydrogens is 253 g/mol. The monoisotopic (exact) mass is 275 g/mol. The van der Waals surface area contributed by atoms with E-state index in [1.165, 1.54) is 31.7 Å². The molecule has 1 aliphatic carbocycles. The van der Waals surface area contributed by atoms with Crippen molar-refractivity contribution in [3.8, 4) is 6.07 Å². The van der Waals surface area contributed by atoms with Crippen LogP contribution in [0.2, 0.25) is 0 Å². The normalized spacial score (nSPS) is 15.7. The predicted octanol–water partition coefficient (Wildman–Crippen LogP) is 2.66. The minimum Gasteiger partial charge on any atom is -0.311 e. The minimum atomic E-state index is -0.447. The van der Waals surface area contributed by atoms with E-state index < -0.39 is 5.82 Å². The maximum Gasteiger partial charge on any atom is 0.140 e. The van der Waals surface area contributed by atoms with Crippen LogP contribution in [0.3, 0.4) is 0 Å². The Morgan fingerprint density at radius 2 is 2.15 bits per heavy atom. The molecule has 1 fully saturated rings. The molecule has 0 radical (unpaired) electrons. The molecular formula is C16H22FN3. The molecule has 0 heterocycles. The van der Waals surface area contributed by atoms with Crippen molar-refractivity contribution in [3.63, 3.8) is 0 Å². The average Bonchev–Trinajstić information content (AvgIpc) is 2.99. The molecule has 0 atom stereocenters. The molecule has 0 aliphatic heterocycles. The molecule has 0 spiro atoms. The van der Waals surface area contributed by atoms with Gasteiger partial charge in [-0.25, -0.2) is 4.39 Å². The summed E-state index contributed by atoms with van der Waals surface area (Å²) in [5, 5.41) is 12.1. The maximum absolute atomic E-state index is 13.2. The summed E-state index contributed by atoms with van der Waals surface area (Å²) < 4.78 is 13.2. The fourth-order valence-electron chi connectivity index (χ4n) is 2.78. The number of nitriles is 1. The van der Waals surface area contributed by atoms with Crippen LogP contribution in [0.1, 0.15) is 36.8 Å². The molecule has 0 saturated heterocycles. The third-order valence-corrected chi connectivity index (χ3v) is 4.07. The van der Waals surface area contributed by atoms with Gasteiger partial charge in [0.1, 0.15) is 11.9 Å². The summed E-state index contributed by atoms with van der Waals surface area (Å²) in [6, 6.07) is 7.32. The Bertz CT molecular complexity index is 475. The number of nitrogens with zero attached hydrogens (tertiary/aromatic N) is 2. The maximum atomic E-state index is 13.2. The lowest BCUT2D eigenvalue weighted by atomic mass is 10.1. The number of benzene rings is 1. The van der Waals surface area contributed by atoms with Gasteiger partial charge in [-0.3, -0.25) is 0 Å². The van der Waals surface area contributed by atoms with Crippen LogP contribution in [0.25, 0.3) is 0 Å². The second kappa shape index (κ2) is 7.37. The van der Waals surface area contributed by atoms with Crippen LogP contribution in [0.15, 0.2) is 18.2 Å².